The van der Waals surface area contributed by atoms with Gasteiger partial charge in [-0.2, -0.15) is 0 Å². The lowest BCUT2D eigenvalue weighted by atomic mass is 9.96. The average molecular weight is 324 g/mol. The summed E-state index contributed by atoms with van der Waals surface area (Å²) >= 11 is 7.75. The highest BCUT2D eigenvalue weighted by Crippen LogP contribution is 2.32. The number of halogens is 1. The molecule has 0 bridgehead atoms. The smallest absolute Gasteiger partial charge is 0.126 e. The van der Waals surface area contributed by atoms with Crippen molar-refractivity contribution in [3.05, 3.63) is 45.5 Å². The lowest BCUT2D eigenvalue weighted by Gasteiger charge is -2.25. The molecule has 1 fully saturated rings. The van der Waals surface area contributed by atoms with Crippen LogP contribution in [0.3, 0.4) is 0 Å². The second-order valence-corrected chi connectivity index (χ2v) is 7.55. The summed E-state index contributed by atoms with van der Waals surface area (Å²) in [7, 11) is 0. The van der Waals surface area contributed by atoms with Crippen LogP contribution >= 0.6 is 22.9 Å². The summed E-state index contributed by atoms with van der Waals surface area (Å²) in [6.45, 7) is 0. The predicted octanol–water partition coefficient (Wildman–Crippen LogP) is 5.79. The number of nitrogens with one attached hydrogen (secondary N) is 1. The minimum Gasteiger partial charge on any atom is -0.467 e. The van der Waals surface area contributed by atoms with E-state index in [1.165, 1.54) is 49.8 Å². The first kappa shape index (κ1) is 15.1. The molecule has 0 amide bonds. The van der Waals surface area contributed by atoms with Gasteiger partial charge in [-0.15, -0.1) is 11.3 Å². The molecule has 1 N–H and O–H groups in total. The summed E-state index contributed by atoms with van der Waals surface area (Å²) in [5.41, 5.74) is 0. The third-order valence-corrected chi connectivity index (χ3v) is 5.51. The van der Waals surface area contributed by atoms with Crippen LogP contribution < -0.4 is 5.32 Å². The van der Waals surface area contributed by atoms with Crippen molar-refractivity contribution in [3.8, 4) is 0 Å². The van der Waals surface area contributed by atoms with Gasteiger partial charge in [0.1, 0.15) is 11.8 Å². The highest BCUT2D eigenvalue weighted by molar-refractivity contribution is 7.16. The van der Waals surface area contributed by atoms with Crippen LogP contribution in [-0.2, 0) is 0 Å². The van der Waals surface area contributed by atoms with E-state index in [1.807, 2.05) is 18.2 Å². The third-order valence-electron chi connectivity index (χ3n) is 4.21. The number of hydrogen-bond acceptors (Lipinski definition) is 3. The van der Waals surface area contributed by atoms with E-state index < -0.39 is 0 Å². The first-order chi connectivity index (χ1) is 10.3. The van der Waals surface area contributed by atoms with E-state index in [4.69, 9.17) is 16.0 Å². The Morgan fingerprint density at radius 1 is 1.10 bits per heavy atom. The fraction of sp³-hybridized carbons (Fsp3) is 0.529. The normalized spacial score (nSPS) is 19.1. The van der Waals surface area contributed by atoms with Gasteiger partial charge in [-0.3, -0.25) is 0 Å². The van der Waals surface area contributed by atoms with Crippen LogP contribution in [-0.4, -0.2) is 6.04 Å². The van der Waals surface area contributed by atoms with Crippen LogP contribution in [0.5, 0.6) is 0 Å². The molecule has 2 heterocycles. The van der Waals surface area contributed by atoms with Crippen LogP contribution in [0.4, 0.5) is 0 Å². The summed E-state index contributed by atoms with van der Waals surface area (Å²) < 4.78 is 6.49. The van der Waals surface area contributed by atoms with Gasteiger partial charge in [-0.1, -0.05) is 43.7 Å². The minimum atomic E-state index is 0.127. The van der Waals surface area contributed by atoms with E-state index in [-0.39, 0.29) is 6.04 Å². The van der Waals surface area contributed by atoms with E-state index >= 15 is 0 Å². The number of furan rings is 1. The molecular formula is C17H22ClNOS. The van der Waals surface area contributed by atoms with Gasteiger partial charge in [0.25, 0.3) is 0 Å². The molecule has 1 atom stereocenters. The summed E-state index contributed by atoms with van der Waals surface area (Å²) in [4.78, 5) is 1.23. The second-order valence-electron chi connectivity index (χ2n) is 5.80. The Labute approximate surface area is 135 Å². The molecule has 21 heavy (non-hydrogen) atoms. The molecule has 1 unspecified atom stereocenters. The Balaban J connectivity index is 1.75. The van der Waals surface area contributed by atoms with Crippen molar-refractivity contribution in [1.29, 1.82) is 0 Å². The Morgan fingerprint density at radius 2 is 1.86 bits per heavy atom. The summed E-state index contributed by atoms with van der Waals surface area (Å²) in [5, 5.41) is 3.81. The molecule has 0 saturated heterocycles. The van der Waals surface area contributed by atoms with Gasteiger partial charge in [-0.05, 0) is 37.1 Å². The largest absolute Gasteiger partial charge is 0.467 e. The maximum atomic E-state index is 6.12. The fourth-order valence-electron chi connectivity index (χ4n) is 3.10. The van der Waals surface area contributed by atoms with Crippen LogP contribution in [0.2, 0.25) is 4.34 Å². The van der Waals surface area contributed by atoms with Crippen molar-refractivity contribution < 1.29 is 4.42 Å². The number of thiophene rings is 1. The van der Waals surface area contributed by atoms with Gasteiger partial charge >= 0.3 is 0 Å². The maximum Gasteiger partial charge on any atom is 0.126 e. The zero-order valence-electron chi connectivity index (χ0n) is 12.2. The monoisotopic (exact) mass is 323 g/mol. The van der Waals surface area contributed by atoms with Crippen molar-refractivity contribution in [3.63, 3.8) is 0 Å². The molecule has 2 aromatic heterocycles. The van der Waals surface area contributed by atoms with Gasteiger partial charge in [0.2, 0.25) is 0 Å². The van der Waals surface area contributed by atoms with Crippen LogP contribution in [0.25, 0.3) is 0 Å². The second kappa shape index (κ2) is 7.48. The lowest BCUT2D eigenvalue weighted by molar-refractivity contribution is 0.348. The molecule has 1 saturated carbocycles. The van der Waals surface area contributed by atoms with Gasteiger partial charge in [0, 0.05) is 10.9 Å². The van der Waals surface area contributed by atoms with Gasteiger partial charge in [0.05, 0.1) is 10.6 Å². The average Bonchev–Trinajstić information content (AvgIpc) is 3.09. The van der Waals surface area contributed by atoms with E-state index in [2.05, 4.69) is 11.4 Å². The Kier molecular flexibility index (Phi) is 5.39. The molecule has 1 aliphatic carbocycles. The Morgan fingerprint density at radius 3 is 2.48 bits per heavy atom. The highest BCUT2D eigenvalue weighted by atomic mass is 35.5. The predicted molar refractivity (Wildman–Crippen MR) is 89.1 cm³/mol. The molecule has 2 aromatic rings. The first-order valence-corrected chi connectivity index (χ1v) is 9.07. The molecule has 0 radical (unpaired) electrons. The summed E-state index contributed by atoms with van der Waals surface area (Å²) in [6, 6.07) is 8.78. The molecule has 4 heteroatoms. The fourth-order valence-corrected chi connectivity index (χ4v) is 4.23. The van der Waals surface area contributed by atoms with Crippen molar-refractivity contribution in [2.45, 2.75) is 57.0 Å². The summed E-state index contributed by atoms with van der Waals surface area (Å²) in [6.07, 6.45) is 11.1. The summed E-state index contributed by atoms with van der Waals surface area (Å²) in [5.74, 6) is 0.982. The SMILES string of the molecule is Clc1ccc(C(NC2CCCCCCC2)c2ccco2)s1. The van der Waals surface area contributed by atoms with Gasteiger partial charge in [0.15, 0.2) is 0 Å². The van der Waals surface area contributed by atoms with Crippen molar-refractivity contribution in [2.24, 2.45) is 0 Å². The molecule has 0 aliphatic heterocycles. The first-order valence-electron chi connectivity index (χ1n) is 7.87. The highest BCUT2D eigenvalue weighted by Gasteiger charge is 2.22. The zero-order chi connectivity index (χ0) is 14.5. The van der Waals surface area contributed by atoms with E-state index in [9.17, 15) is 0 Å². The van der Waals surface area contributed by atoms with Crippen molar-refractivity contribution in [1.82, 2.24) is 5.32 Å². The van der Waals surface area contributed by atoms with Crippen LogP contribution in [0.15, 0.2) is 34.9 Å². The number of hydrogen-bond donors (Lipinski definition) is 1. The van der Waals surface area contributed by atoms with Crippen molar-refractivity contribution in [2.75, 3.05) is 0 Å². The molecule has 0 aromatic carbocycles. The third kappa shape index (κ3) is 4.12. The molecule has 114 valence electrons. The standard InChI is InChI=1S/C17H22ClNOS/c18-16-11-10-15(21-16)17(14-9-6-12-20-14)19-13-7-4-2-1-3-5-8-13/h6,9-13,17,19H,1-5,7-8H2. The van der Waals surface area contributed by atoms with E-state index in [1.54, 1.807) is 17.6 Å². The van der Waals surface area contributed by atoms with E-state index in [0.717, 1.165) is 10.1 Å². The molecular weight excluding hydrogens is 302 g/mol. The van der Waals surface area contributed by atoms with Crippen molar-refractivity contribution >= 4 is 22.9 Å². The Bertz CT molecular complexity index is 529. The molecule has 0 spiro atoms. The molecule has 3 rings (SSSR count). The quantitative estimate of drug-likeness (QED) is 0.770. The zero-order valence-corrected chi connectivity index (χ0v) is 13.8. The van der Waals surface area contributed by atoms with Crippen LogP contribution in [0, 0.1) is 0 Å². The van der Waals surface area contributed by atoms with Crippen LogP contribution in [0.1, 0.15) is 61.6 Å². The maximum absolute atomic E-state index is 6.12. The van der Waals surface area contributed by atoms with Gasteiger partial charge < -0.3 is 9.73 Å². The topological polar surface area (TPSA) is 25.2 Å². The Hall–Kier alpha value is -0.770. The number of rotatable bonds is 4. The lowest BCUT2D eigenvalue weighted by Crippen LogP contribution is -2.33. The van der Waals surface area contributed by atoms with Gasteiger partial charge in [-0.25, -0.2) is 0 Å². The van der Waals surface area contributed by atoms with E-state index in [0.29, 0.717) is 6.04 Å². The molecule has 1 aliphatic rings. The minimum absolute atomic E-state index is 0.127. The molecule has 2 nitrogen and oxygen atoms in total.